The maximum Gasteiger partial charge on any atom is 0.328 e. The molecule has 0 bridgehead atoms. The number of rotatable bonds is 2. The van der Waals surface area contributed by atoms with Crippen LogP contribution in [0.1, 0.15) is 6.92 Å². The van der Waals surface area contributed by atoms with Crippen molar-refractivity contribution in [1.29, 1.82) is 0 Å². The minimum atomic E-state index is -3.36. The topological polar surface area (TPSA) is 43.4 Å². The molecule has 0 aromatic rings. The zero-order valence-electron chi connectivity index (χ0n) is 3.72. The van der Waals surface area contributed by atoms with Crippen molar-refractivity contribution in [2.75, 3.05) is 6.61 Å². The zero-order chi connectivity index (χ0) is 5.91. The summed E-state index contributed by atoms with van der Waals surface area (Å²) in [6.07, 6.45) is 0. The van der Waals surface area contributed by atoms with Crippen molar-refractivity contribution < 1.29 is 12.6 Å². The van der Waals surface area contributed by atoms with Gasteiger partial charge in [0, 0.05) is 0 Å². The quantitative estimate of drug-likeness (QED) is 0.599. The van der Waals surface area contributed by atoms with Crippen LogP contribution in [0.2, 0.25) is 0 Å². The lowest BCUT2D eigenvalue weighted by Gasteiger charge is -1.88. The SMILES string of the molecule is CCOS(=O)(=O)Br. The van der Waals surface area contributed by atoms with Crippen LogP contribution in [-0.4, -0.2) is 15.0 Å². The third-order valence-corrected chi connectivity index (χ3v) is 1.34. The van der Waals surface area contributed by atoms with E-state index >= 15 is 0 Å². The second kappa shape index (κ2) is 2.64. The lowest BCUT2D eigenvalue weighted by Crippen LogP contribution is -1.93. The fourth-order valence-electron chi connectivity index (χ4n) is 0.141. The van der Waals surface area contributed by atoms with Crippen molar-refractivity contribution in [1.82, 2.24) is 0 Å². The zero-order valence-corrected chi connectivity index (χ0v) is 6.12. The van der Waals surface area contributed by atoms with Crippen molar-refractivity contribution in [3.8, 4) is 0 Å². The first-order valence-corrected chi connectivity index (χ1v) is 4.90. The van der Waals surface area contributed by atoms with Crippen molar-refractivity contribution in [2.24, 2.45) is 0 Å². The molecule has 0 saturated carbocycles. The molecule has 0 unspecified atom stereocenters. The molecule has 0 aliphatic carbocycles. The Kier molecular flexibility index (Phi) is 2.78. The van der Waals surface area contributed by atoms with Crippen LogP contribution in [0.4, 0.5) is 0 Å². The van der Waals surface area contributed by atoms with Gasteiger partial charge in [-0.2, -0.15) is 8.42 Å². The summed E-state index contributed by atoms with van der Waals surface area (Å²) in [6, 6.07) is 0. The third-order valence-electron chi connectivity index (χ3n) is 0.259. The molecule has 3 nitrogen and oxygen atoms in total. The molecule has 7 heavy (non-hydrogen) atoms. The minimum Gasteiger partial charge on any atom is -0.262 e. The van der Waals surface area contributed by atoms with Crippen LogP contribution < -0.4 is 0 Å². The lowest BCUT2D eigenvalue weighted by molar-refractivity contribution is 0.351. The number of hydrogen-bond donors (Lipinski definition) is 0. The molecule has 0 radical (unpaired) electrons. The Labute approximate surface area is 50.0 Å². The van der Waals surface area contributed by atoms with Gasteiger partial charge in [0.05, 0.1) is 21.4 Å². The predicted molar refractivity (Wildman–Crippen MR) is 29.5 cm³/mol. The first kappa shape index (κ1) is 7.39. The smallest absolute Gasteiger partial charge is 0.262 e. The monoisotopic (exact) mass is 188 g/mol. The second-order valence-corrected chi connectivity index (χ2v) is 4.20. The van der Waals surface area contributed by atoms with E-state index in [1.54, 1.807) is 6.92 Å². The summed E-state index contributed by atoms with van der Waals surface area (Å²) in [4.78, 5) is 0. The summed E-state index contributed by atoms with van der Waals surface area (Å²) < 4.78 is 24.0. The van der Waals surface area contributed by atoms with Crippen LogP contribution in [0.15, 0.2) is 0 Å². The molecule has 5 heteroatoms. The van der Waals surface area contributed by atoms with Crippen LogP contribution in [0.25, 0.3) is 0 Å². The Morgan fingerprint density at radius 1 is 1.71 bits per heavy atom. The molecular formula is C2H5BrO3S. The Morgan fingerprint density at radius 3 is 2.14 bits per heavy atom. The van der Waals surface area contributed by atoms with Crippen LogP contribution in [0, 0.1) is 0 Å². The summed E-state index contributed by atoms with van der Waals surface area (Å²) in [5.41, 5.74) is 0. The molecule has 0 rings (SSSR count). The van der Waals surface area contributed by atoms with Gasteiger partial charge >= 0.3 is 8.55 Å². The summed E-state index contributed by atoms with van der Waals surface area (Å²) in [5, 5.41) is 0. The van der Waals surface area contributed by atoms with E-state index in [1.165, 1.54) is 0 Å². The largest absolute Gasteiger partial charge is 0.328 e. The highest BCUT2D eigenvalue weighted by Crippen LogP contribution is 1.99. The molecule has 0 amide bonds. The average Bonchev–Trinajstić information content (AvgIpc) is 1.30. The van der Waals surface area contributed by atoms with E-state index in [9.17, 15) is 8.42 Å². The number of halogens is 1. The van der Waals surface area contributed by atoms with Gasteiger partial charge in [0.25, 0.3) is 0 Å². The fraction of sp³-hybridized carbons (Fsp3) is 1.00. The van der Waals surface area contributed by atoms with E-state index in [0.29, 0.717) is 0 Å². The van der Waals surface area contributed by atoms with Crippen molar-refractivity contribution in [3.05, 3.63) is 0 Å². The summed E-state index contributed by atoms with van der Waals surface area (Å²) in [7, 11) is -3.36. The van der Waals surface area contributed by atoms with Gasteiger partial charge in [-0.05, 0) is 6.92 Å². The summed E-state index contributed by atoms with van der Waals surface area (Å²) in [5.74, 6) is 0. The van der Waals surface area contributed by atoms with Gasteiger partial charge in [0.15, 0.2) is 0 Å². The van der Waals surface area contributed by atoms with Crippen molar-refractivity contribution in [3.63, 3.8) is 0 Å². The first-order chi connectivity index (χ1) is 3.06. The minimum absolute atomic E-state index is 0.174. The van der Waals surface area contributed by atoms with Gasteiger partial charge < -0.3 is 0 Å². The van der Waals surface area contributed by atoms with Gasteiger partial charge in [-0.3, -0.25) is 4.18 Å². The molecule has 0 N–H and O–H groups in total. The van der Waals surface area contributed by atoms with E-state index in [1.807, 2.05) is 0 Å². The van der Waals surface area contributed by atoms with Gasteiger partial charge in [-0.25, -0.2) is 0 Å². The Morgan fingerprint density at radius 2 is 2.14 bits per heavy atom. The van der Waals surface area contributed by atoms with E-state index in [0.717, 1.165) is 0 Å². The van der Waals surface area contributed by atoms with Crippen LogP contribution in [0.3, 0.4) is 0 Å². The van der Waals surface area contributed by atoms with E-state index in [2.05, 4.69) is 19.0 Å². The first-order valence-electron chi connectivity index (χ1n) is 1.65. The molecule has 0 atom stereocenters. The van der Waals surface area contributed by atoms with Gasteiger partial charge in [-0.1, -0.05) is 0 Å². The Hall–Kier alpha value is 0.390. The Bertz CT molecular complexity index is 126. The molecule has 0 aliphatic rings. The average molecular weight is 189 g/mol. The highest BCUT2D eigenvalue weighted by Gasteiger charge is 1.98. The standard InChI is InChI=1S/C2H5BrO3S/c1-2-6-7(3,4)5/h2H2,1H3. The van der Waals surface area contributed by atoms with E-state index in [-0.39, 0.29) is 6.61 Å². The maximum absolute atomic E-state index is 9.93. The molecule has 0 aromatic heterocycles. The Balaban J connectivity index is 3.60. The lowest BCUT2D eigenvalue weighted by atomic mass is 10.9. The second-order valence-electron chi connectivity index (χ2n) is 0.800. The van der Waals surface area contributed by atoms with Crippen molar-refractivity contribution >= 4 is 23.4 Å². The highest BCUT2D eigenvalue weighted by atomic mass is 79.9. The van der Waals surface area contributed by atoms with Crippen LogP contribution in [0.5, 0.6) is 0 Å². The molecule has 0 aromatic carbocycles. The maximum atomic E-state index is 9.93. The van der Waals surface area contributed by atoms with Gasteiger partial charge in [-0.15, -0.1) is 0 Å². The molecule has 44 valence electrons. The number of hydrogen-bond acceptors (Lipinski definition) is 3. The van der Waals surface area contributed by atoms with Crippen LogP contribution >= 0.6 is 14.8 Å². The molecule has 0 fully saturated rings. The predicted octanol–water partition coefficient (Wildman–Crippen LogP) is 0.663. The molecule has 0 aliphatic heterocycles. The molecule has 0 spiro atoms. The van der Waals surface area contributed by atoms with Gasteiger partial charge in [0.1, 0.15) is 0 Å². The van der Waals surface area contributed by atoms with Crippen molar-refractivity contribution in [2.45, 2.75) is 6.92 Å². The molecule has 0 saturated heterocycles. The third kappa shape index (κ3) is 6.39. The fourth-order valence-corrected chi connectivity index (χ4v) is 0.983. The van der Waals surface area contributed by atoms with Crippen LogP contribution in [-0.2, 0) is 12.7 Å². The van der Waals surface area contributed by atoms with E-state index in [4.69, 9.17) is 0 Å². The highest BCUT2D eigenvalue weighted by molar-refractivity contribution is 9.46. The normalized spacial score (nSPS) is 11.7. The summed E-state index contributed by atoms with van der Waals surface area (Å²) in [6.45, 7) is 1.77. The summed E-state index contributed by atoms with van der Waals surface area (Å²) >= 11 is 2.29. The van der Waals surface area contributed by atoms with Gasteiger partial charge in [0.2, 0.25) is 0 Å². The van der Waals surface area contributed by atoms with E-state index < -0.39 is 8.55 Å². The molecule has 0 heterocycles. The molecular weight excluding hydrogens is 184 g/mol.